The highest BCUT2D eigenvalue weighted by Gasteiger charge is 2.35. The van der Waals surface area contributed by atoms with E-state index in [4.69, 9.17) is 11.6 Å². The molecule has 4 rings (SSSR count). The summed E-state index contributed by atoms with van der Waals surface area (Å²) in [5.41, 5.74) is 0.408. The third-order valence-corrected chi connectivity index (χ3v) is 6.10. The molecule has 162 valence electrons. The Kier molecular flexibility index (Phi) is 6.15. The molecule has 0 aliphatic carbocycles. The maximum absolute atomic E-state index is 13.2. The molecular weight excluding hydrogens is 449 g/mol. The molecule has 10 heteroatoms. The number of hydrogen-bond donors (Lipinski definition) is 2. The summed E-state index contributed by atoms with van der Waals surface area (Å²) in [5, 5.41) is 10.1. The number of para-hydroxylation sites is 2. The van der Waals surface area contributed by atoms with E-state index in [0.29, 0.717) is 22.8 Å². The Morgan fingerprint density at radius 1 is 1.19 bits per heavy atom. The fraction of sp³-hybridized carbons (Fsp3) is 0.238. The molecule has 2 aromatic carbocycles. The highest BCUT2D eigenvalue weighted by molar-refractivity contribution is 8.00. The quantitative estimate of drug-likeness (QED) is 0.504. The lowest BCUT2D eigenvalue weighted by molar-refractivity contribution is -0.141. The topological polar surface area (TPSA) is 59.0 Å². The second kappa shape index (κ2) is 8.84. The van der Waals surface area contributed by atoms with Crippen molar-refractivity contribution in [2.75, 3.05) is 5.32 Å². The van der Waals surface area contributed by atoms with Gasteiger partial charge < -0.3 is 10.6 Å². The number of carbonyl (C=O) groups excluding carboxylic acids is 1. The van der Waals surface area contributed by atoms with E-state index in [1.165, 1.54) is 16.4 Å². The first-order valence-corrected chi connectivity index (χ1v) is 10.8. The molecule has 3 aromatic rings. The number of thioether (sulfide) groups is 1. The third-order valence-electron chi connectivity index (χ3n) is 4.70. The van der Waals surface area contributed by atoms with Crippen LogP contribution in [0.25, 0.3) is 5.69 Å². The van der Waals surface area contributed by atoms with Crippen LogP contribution in [0.3, 0.4) is 0 Å². The van der Waals surface area contributed by atoms with E-state index in [0.717, 1.165) is 16.6 Å². The molecule has 1 amide bonds. The molecule has 0 bridgehead atoms. The molecule has 0 fully saturated rings. The molecule has 1 aliphatic heterocycles. The van der Waals surface area contributed by atoms with Crippen LogP contribution in [0.1, 0.15) is 24.2 Å². The van der Waals surface area contributed by atoms with Crippen molar-refractivity contribution in [3.63, 3.8) is 0 Å². The number of amides is 1. The first kappa shape index (κ1) is 21.6. The number of nitrogens with one attached hydrogen (secondary N) is 2. The number of benzene rings is 2. The summed E-state index contributed by atoms with van der Waals surface area (Å²) in [6.45, 7) is 0. The van der Waals surface area contributed by atoms with Crippen molar-refractivity contribution in [3.8, 4) is 5.69 Å². The number of halogens is 4. The van der Waals surface area contributed by atoms with Crippen molar-refractivity contribution in [3.05, 3.63) is 71.0 Å². The Balaban J connectivity index is 1.40. The van der Waals surface area contributed by atoms with Gasteiger partial charge in [-0.3, -0.25) is 4.79 Å². The maximum Gasteiger partial charge on any atom is 0.435 e. The fourth-order valence-corrected chi connectivity index (χ4v) is 4.53. The van der Waals surface area contributed by atoms with Crippen molar-refractivity contribution < 1.29 is 18.0 Å². The number of anilines is 1. The van der Waals surface area contributed by atoms with Gasteiger partial charge in [-0.15, -0.1) is 0 Å². The standard InChI is InChI=1S/C21H18ClF3N4OS/c22-14-7-1-3-9-16(14)29-13(12-18(28-29)21(23,24)25)6-5-11-19(30)27-20-26-15-8-2-4-10-17(15)31-20/h1-4,7-10,12,20,26H,5-6,11H2,(H,27,30). The normalized spacial score (nSPS) is 15.4. The van der Waals surface area contributed by atoms with E-state index < -0.39 is 11.9 Å². The van der Waals surface area contributed by atoms with Gasteiger partial charge in [0.25, 0.3) is 0 Å². The van der Waals surface area contributed by atoms with Crippen LogP contribution in [0.4, 0.5) is 18.9 Å². The van der Waals surface area contributed by atoms with Gasteiger partial charge in [-0.05, 0) is 43.2 Å². The zero-order chi connectivity index (χ0) is 22.0. The average Bonchev–Trinajstić information content (AvgIpc) is 3.32. The Labute approximate surface area is 186 Å². The number of carbonyl (C=O) groups is 1. The van der Waals surface area contributed by atoms with Gasteiger partial charge in [0, 0.05) is 17.0 Å². The molecule has 1 aliphatic rings. The Hall–Kier alpha value is -2.65. The van der Waals surface area contributed by atoms with Crippen LogP contribution in [0.2, 0.25) is 5.02 Å². The summed E-state index contributed by atoms with van der Waals surface area (Å²) in [6.07, 6.45) is -3.79. The predicted octanol–water partition coefficient (Wildman–Crippen LogP) is 5.48. The lowest BCUT2D eigenvalue weighted by atomic mass is 10.1. The summed E-state index contributed by atoms with van der Waals surface area (Å²) in [7, 11) is 0. The molecule has 0 spiro atoms. The minimum Gasteiger partial charge on any atom is -0.356 e. The van der Waals surface area contributed by atoms with Crippen LogP contribution >= 0.6 is 23.4 Å². The number of alkyl halides is 3. The molecule has 1 unspecified atom stereocenters. The van der Waals surface area contributed by atoms with Gasteiger partial charge in [-0.25, -0.2) is 4.68 Å². The van der Waals surface area contributed by atoms with Gasteiger partial charge in [-0.2, -0.15) is 18.3 Å². The first-order chi connectivity index (χ1) is 14.8. The first-order valence-electron chi connectivity index (χ1n) is 9.54. The molecule has 0 radical (unpaired) electrons. The summed E-state index contributed by atoms with van der Waals surface area (Å²) in [6, 6.07) is 15.3. The number of aryl methyl sites for hydroxylation is 1. The van der Waals surface area contributed by atoms with Crippen LogP contribution in [0, 0.1) is 0 Å². The second-order valence-corrected chi connectivity index (χ2v) is 8.50. The number of nitrogens with zero attached hydrogens (tertiary/aromatic N) is 2. The number of fused-ring (bicyclic) bond motifs is 1. The van der Waals surface area contributed by atoms with Crippen molar-refractivity contribution in [1.29, 1.82) is 0 Å². The summed E-state index contributed by atoms with van der Waals surface area (Å²) in [4.78, 5) is 13.4. The molecule has 0 saturated heterocycles. The Bertz CT molecular complexity index is 1080. The minimum absolute atomic E-state index is 0.171. The summed E-state index contributed by atoms with van der Waals surface area (Å²) < 4.78 is 40.8. The monoisotopic (exact) mass is 466 g/mol. The Morgan fingerprint density at radius 3 is 2.68 bits per heavy atom. The molecule has 2 heterocycles. The van der Waals surface area contributed by atoms with Gasteiger partial charge in [-0.1, -0.05) is 47.6 Å². The van der Waals surface area contributed by atoms with Crippen LogP contribution in [-0.4, -0.2) is 21.2 Å². The number of aromatic nitrogens is 2. The van der Waals surface area contributed by atoms with Crippen LogP contribution in [0.5, 0.6) is 0 Å². The van der Waals surface area contributed by atoms with Crippen LogP contribution in [0.15, 0.2) is 59.5 Å². The van der Waals surface area contributed by atoms with E-state index in [-0.39, 0.29) is 24.2 Å². The van der Waals surface area contributed by atoms with Gasteiger partial charge in [0.05, 0.1) is 16.4 Å². The lowest BCUT2D eigenvalue weighted by Gasteiger charge is -2.13. The number of rotatable bonds is 6. The molecule has 31 heavy (non-hydrogen) atoms. The zero-order valence-electron chi connectivity index (χ0n) is 16.1. The third kappa shape index (κ3) is 4.99. The highest BCUT2D eigenvalue weighted by atomic mass is 35.5. The summed E-state index contributed by atoms with van der Waals surface area (Å²) in [5.74, 6) is -0.183. The van der Waals surface area contributed by atoms with Gasteiger partial charge in [0.15, 0.2) is 11.2 Å². The van der Waals surface area contributed by atoms with E-state index in [1.807, 2.05) is 24.3 Å². The minimum atomic E-state index is -4.57. The SMILES string of the molecule is O=C(CCCc1cc(C(F)(F)F)nn1-c1ccccc1Cl)NC1Nc2ccccc2S1. The lowest BCUT2D eigenvalue weighted by Crippen LogP contribution is -2.35. The maximum atomic E-state index is 13.2. The van der Waals surface area contributed by atoms with E-state index >= 15 is 0 Å². The molecular formula is C21H18ClF3N4OS. The van der Waals surface area contributed by atoms with Crippen LogP contribution in [-0.2, 0) is 17.4 Å². The van der Waals surface area contributed by atoms with E-state index in [1.54, 1.807) is 24.3 Å². The van der Waals surface area contributed by atoms with Gasteiger partial charge in [0.2, 0.25) is 5.91 Å². The zero-order valence-corrected chi connectivity index (χ0v) is 17.7. The predicted molar refractivity (Wildman–Crippen MR) is 114 cm³/mol. The van der Waals surface area contributed by atoms with Gasteiger partial charge in [0.1, 0.15) is 0 Å². The number of hydrogen-bond acceptors (Lipinski definition) is 4. The molecule has 1 atom stereocenters. The van der Waals surface area contributed by atoms with Crippen molar-refractivity contribution in [2.45, 2.75) is 35.8 Å². The molecule has 2 N–H and O–H groups in total. The Morgan fingerprint density at radius 2 is 1.94 bits per heavy atom. The molecule has 0 saturated carbocycles. The van der Waals surface area contributed by atoms with E-state index in [2.05, 4.69) is 15.7 Å². The van der Waals surface area contributed by atoms with Crippen molar-refractivity contribution >= 4 is 35.0 Å². The highest BCUT2D eigenvalue weighted by Crippen LogP contribution is 2.36. The smallest absolute Gasteiger partial charge is 0.356 e. The van der Waals surface area contributed by atoms with E-state index in [9.17, 15) is 18.0 Å². The molecule has 1 aromatic heterocycles. The van der Waals surface area contributed by atoms with Crippen molar-refractivity contribution in [1.82, 2.24) is 15.1 Å². The summed E-state index contributed by atoms with van der Waals surface area (Å²) >= 11 is 7.66. The molecule has 5 nitrogen and oxygen atoms in total. The average molecular weight is 467 g/mol. The second-order valence-electron chi connectivity index (χ2n) is 6.94. The largest absolute Gasteiger partial charge is 0.435 e. The van der Waals surface area contributed by atoms with Crippen LogP contribution < -0.4 is 10.6 Å². The van der Waals surface area contributed by atoms with Crippen molar-refractivity contribution in [2.24, 2.45) is 0 Å². The van der Waals surface area contributed by atoms with Gasteiger partial charge >= 0.3 is 6.18 Å². The fourth-order valence-electron chi connectivity index (χ4n) is 3.27.